The lowest BCUT2D eigenvalue weighted by Crippen LogP contribution is -2.51. The normalized spacial score (nSPS) is 18.8. The molecule has 28 heavy (non-hydrogen) atoms. The van der Waals surface area contributed by atoms with Gasteiger partial charge in [-0.15, -0.1) is 0 Å². The van der Waals surface area contributed by atoms with Crippen LogP contribution in [0.5, 0.6) is 5.75 Å². The molecule has 1 aliphatic rings. The second kappa shape index (κ2) is 8.99. The first kappa shape index (κ1) is 20.0. The van der Waals surface area contributed by atoms with Crippen molar-refractivity contribution >= 4 is 35.2 Å². The molecule has 6 nitrogen and oxygen atoms in total. The van der Waals surface area contributed by atoms with Crippen LogP contribution in [0.3, 0.4) is 0 Å². The Kier molecular flexibility index (Phi) is 6.44. The maximum absolute atomic E-state index is 12.7. The van der Waals surface area contributed by atoms with E-state index in [1.54, 1.807) is 18.2 Å². The van der Waals surface area contributed by atoms with E-state index < -0.39 is 24.0 Å². The Morgan fingerprint density at radius 2 is 1.86 bits per heavy atom. The van der Waals surface area contributed by atoms with Gasteiger partial charge in [-0.1, -0.05) is 54.0 Å². The zero-order chi connectivity index (χ0) is 20.1. The van der Waals surface area contributed by atoms with Crippen molar-refractivity contribution in [1.82, 2.24) is 10.6 Å². The summed E-state index contributed by atoms with van der Waals surface area (Å²) in [4.78, 5) is 24.6. The SMILES string of the molecule is C=C1NC(=O)N[C@H](c2ccc(Cl)cc2Cl)[C@H]1C(=O)OCCOc1ccccc1. The Labute approximate surface area is 172 Å². The number of nitrogens with one attached hydrogen (secondary N) is 2. The highest BCUT2D eigenvalue weighted by Crippen LogP contribution is 2.35. The van der Waals surface area contributed by atoms with E-state index >= 15 is 0 Å². The molecule has 0 saturated carbocycles. The number of amides is 2. The van der Waals surface area contributed by atoms with Crippen molar-refractivity contribution in [3.8, 4) is 5.75 Å². The van der Waals surface area contributed by atoms with E-state index in [1.165, 1.54) is 0 Å². The Morgan fingerprint density at radius 1 is 1.11 bits per heavy atom. The first-order chi connectivity index (χ1) is 13.5. The molecule has 0 aliphatic carbocycles. The van der Waals surface area contributed by atoms with Crippen LogP contribution in [0.4, 0.5) is 4.79 Å². The lowest BCUT2D eigenvalue weighted by molar-refractivity contribution is -0.149. The van der Waals surface area contributed by atoms with E-state index in [1.807, 2.05) is 30.3 Å². The molecule has 146 valence electrons. The van der Waals surface area contributed by atoms with Crippen molar-refractivity contribution in [3.05, 3.63) is 76.4 Å². The molecule has 0 spiro atoms. The fourth-order valence-electron chi connectivity index (χ4n) is 2.88. The fraction of sp³-hybridized carbons (Fsp3) is 0.200. The molecule has 0 aromatic heterocycles. The first-order valence-electron chi connectivity index (χ1n) is 8.51. The number of esters is 1. The second-order valence-corrected chi connectivity index (χ2v) is 6.92. The number of hydrogen-bond acceptors (Lipinski definition) is 4. The molecule has 1 fully saturated rings. The van der Waals surface area contributed by atoms with E-state index in [-0.39, 0.29) is 18.9 Å². The molecular formula is C20H18Cl2N2O4. The van der Waals surface area contributed by atoms with E-state index in [0.29, 0.717) is 21.4 Å². The maximum atomic E-state index is 12.7. The minimum atomic E-state index is -0.854. The van der Waals surface area contributed by atoms with Gasteiger partial charge in [-0.3, -0.25) is 4.79 Å². The average Bonchev–Trinajstić information content (AvgIpc) is 2.65. The maximum Gasteiger partial charge on any atom is 0.319 e. The summed E-state index contributed by atoms with van der Waals surface area (Å²) in [5.74, 6) is -0.723. The van der Waals surface area contributed by atoms with Crippen LogP contribution in [0.25, 0.3) is 0 Å². The Morgan fingerprint density at radius 3 is 2.57 bits per heavy atom. The minimum Gasteiger partial charge on any atom is -0.490 e. The topological polar surface area (TPSA) is 76.7 Å². The van der Waals surface area contributed by atoms with Crippen molar-refractivity contribution in [1.29, 1.82) is 0 Å². The Hall–Kier alpha value is -2.70. The number of benzene rings is 2. The van der Waals surface area contributed by atoms with Crippen LogP contribution >= 0.6 is 23.2 Å². The van der Waals surface area contributed by atoms with Crippen LogP contribution in [0, 0.1) is 5.92 Å². The summed E-state index contributed by atoms with van der Waals surface area (Å²) in [6.45, 7) is 4.04. The number of ether oxygens (including phenoxy) is 2. The smallest absolute Gasteiger partial charge is 0.319 e. The molecule has 1 saturated heterocycles. The fourth-order valence-corrected chi connectivity index (χ4v) is 3.41. The van der Waals surface area contributed by atoms with Crippen molar-refractivity contribution in [2.45, 2.75) is 6.04 Å². The molecule has 2 aromatic rings. The molecular weight excluding hydrogens is 403 g/mol. The van der Waals surface area contributed by atoms with Crippen molar-refractivity contribution in [2.24, 2.45) is 5.92 Å². The van der Waals surface area contributed by atoms with Gasteiger partial charge in [-0.05, 0) is 29.8 Å². The number of para-hydroxylation sites is 1. The van der Waals surface area contributed by atoms with Gasteiger partial charge in [0, 0.05) is 15.7 Å². The average molecular weight is 421 g/mol. The third kappa shape index (κ3) is 4.77. The van der Waals surface area contributed by atoms with Crippen LogP contribution in [0.1, 0.15) is 11.6 Å². The quantitative estimate of drug-likeness (QED) is 0.544. The molecule has 0 radical (unpaired) electrons. The predicted molar refractivity (Wildman–Crippen MR) is 106 cm³/mol. The highest BCUT2D eigenvalue weighted by Gasteiger charge is 2.39. The zero-order valence-electron chi connectivity index (χ0n) is 14.8. The summed E-state index contributed by atoms with van der Waals surface area (Å²) < 4.78 is 10.8. The van der Waals surface area contributed by atoms with Gasteiger partial charge in [0.25, 0.3) is 0 Å². The van der Waals surface area contributed by atoms with Crippen LogP contribution in [0.15, 0.2) is 60.8 Å². The van der Waals surface area contributed by atoms with Gasteiger partial charge >= 0.3 is 12.0 Å². The summed E-state index contributed by atoms with van der Waals surface area (Å²) >= 11 is 12.2. The van der Waals surface area contributed by atoms with Crippen LogP contribution in [0.2, 0.25) is 10.0 Å². The summed E-state index contributed by atoms with van der Waals surface area (Å²) in [5.41, 5.74) is 0.776. The first-order valence-corrected chi connectivity index (χ1v) is 9.27. The number of rotatable bonds is 6. The standard InChI is InChI=1S/C20H18Cl2N2O4/c1-12-17(19(25)28-10-9-27-14-5-3-2-4-6-14)18(24-20(26)23-12)15-8-7-13(21)11-16(15)22/h2-8,11,17-18H,1,9-10H2,(H2,23,24,26)/t17-,18+/m0/s1. The van der Waals surface area contributed by atoms with Gasteiger partial charge in [0.15, 0.2) is 0 Å². The number of carbonyl (C=O) groups is 2. The van der Waals surface area contributed by atoms with E-state index in [0.717, 1.165) is 0 Å². The molecule has 2 aromatic carbocycles. The predicted octanol–water partition coefficient (Wildman–Crippen LogP) is 4.10. The number of hydrogen-bond donors (Lipinski definition) is 2. The molecule has 2 N–H and O–H groups in total. The van der Waals surface area contributed by atoms with E-state index in [2.05, 4.69) is 17.2 Å². The highest BCUT2D eigenvalue weighted by molar-refractivity contribution is 6.35. The number of carbonyl (C=O) groups excluding carboxylic acids is 2. The van der Waals surface area contributed by atoms with Crippen molar-refractivity contribution in [2.75, 3.05) is 13.2 Å². The van der Waals surface area contributed by atoms with Crippen LogP contribution in [-0.4, -0.2) is 25.2 Å². The lowest BCUT2D eigenvalue weighted by Gasteiger charge is -2.33. The number of halogens is 2. The second-order valence-electron chi connectivity index (χ2n) is 6.07. The summed E-state index contributed by atoms with van der Waals surface area (Å²) in [6.07, 6.45) is 0. The molecule has 0 unspecified atom stereocenters. The van der Waals surface area contributed by atoms with Crippen molar-refractivity contribution in [3.63, 3.8) is 0 Å². The van der Waals surface area contributed by atoms with Crippen molar-refractivity contribution < 1.29 is 19.1 Å². The largest absolute Gasteiger partial charge is 0.490 e. The zero-order valence-corrected chi connectivity index (χ0v) is 16.3. The summed E-state index contributed by atoms with van der Waals surface area (Å²) in [7, 11) is 0. The van der Waals surface area contributed by atoms with Gasteiger partial charge in [0.05, 0.1) is 6.04 Å². The lowest BCUT2D eigenvalue weighted by atomic mass is 9.89. The van der Waals surface area contributed by atoms with Gasteiger partial charge in [0.1, 0.15) is 24.9 Å². The number of urea groups is 1. The van der Waals surface area contributed by atoms with Gasteiger partial charge in [-0.25, -0.2) is 4.79 Å². The third-order valence-corrected chi connectivity index (χ3v) is 4.72. The van der Waals surface area contributed by atoms with E-state index in [4.69, 9.17) is 32.7 Å². The molecule has 2 atom stereocenters. The minimum absolute atomic E-state index is 0.0481. The highest BCUT2D eigenvalue weighted by atomic mass is 35.5. The summed E-state index contributed by atoms with van der Waals surface area (Å²) in [6, 6.07) is 12.8. The molecule has 1 heterocycles. The summed E-state index contributed by atoms with van der Waals surface area (Å²) in [5, 5.41) is 5.99. The third-order valence-electron chi connectivity index (χ3n) is 4.16. The molecule has 3 rings (SSSR count). The van der Waals surface area contributed by atoms with Gasteiger partial charge < -0.3 is 20.1 Å². The molecule has 8 heteroatoms. The van der Waals surface area contributed by atoms with E-state index in [9.17, 15) is 9.59 Å². The van der Waals surface area contributed by atoms with Crippen LogP contribution < -0.4 is 15.4 Å². The monoisotopic (exact) mass is 420 g/mol. The van der Waals surface area contributed by atoms with Crippen LogP contribution in [-0.2, 0) is 9.53 Å². The Balaban J connectivity index is 1.68. The molecule has 0 bridgehead atoms. The molecule has 1 aliphatic heterocycles. The molecule has 2 amide bonds. The van der Waals surface area contributed by atoms with Gasteiger partial charge in [0.2, 0.25) is 0 Å². The van der Waals surface area contributed by atoms with Gasteiger partial charge in [-0.2, -0.15) is 0 Å². The Bertz CT molecular complexity index is 889.